The fourth-order valence-corrected chi connectivity index (χ4v) is 9.62. The van der Waals surface area contributed by atoms with Crippen molar-refractivity contribution in [2.75, 3.05) is 25.5 Å². The number of aliphatic imine (C=N–C) groups is 2. The Morgan fingerprint density at radius 1 is 0.779 bits per heavy atom. The van der Waals surface area contributed by atoms with E-state index < -0.39 is 0 Å². The number of aldehydes is 2. The molecule has 18 heteroatoms. The number of hydrogen-bond donors (Lipinski definition) is 2. The number of hydrogen-bond acceptors (Lipinski definition) is 13. The van der Waals surface area contributed by atoms with Gasteiger partial charge in [-0.1, -0.05) is 55.1 Å². The molecule has 77 heavy (non-hydrogen) atoms. The molecule has 0 spiro atoms. The van der Waals surface area contributed by atoms with E-state index in [0.29, 0.717) is 121 Å². The van der Waals surface area contributed by atoms with Gasteiger partial charge >= 0.3 is 0 Å². The molecule has 7 aromatic rings. The molecule has 16 nitrogen and oxygen atoms in total. The molecule has 9 rings (SSSR count). The molecule has 0 saturated carbocycles. The summed E-state index contributed by atoms with van der Waals surface area (Å²) in [6.45, 7) is 11.4. The van der Waals surface area contributed by atoms with E-state index in [1.807, 2.05) is 111 Å². The molecule has 5 heterocycles. The van der Waals surface area contributed by atoms with E-state index in [2.05, 4.69) is 39.2 Å². The van der Waals surface area contributed by atoms with Crippen molar-refractivity contribution < 1.29 is 14.4 Å². The number of aryl methyl sites for hydroxylation is 3. The number of nitrogens with zero attached hydrogens (tertiary/aromatic N) is 10. The first-order valence-electron chi connectivity index (χ1n) is 25.4. The zero-order valence-electron chi connectivity index (χ0n) is 44.0. The lowest BCUT2D eigenvalue weighted by molar-refractivity contribution is -0.127. The molecule has 0 saturated heterocycles. The van der Waals surface area contributed by atoms with Crippen LogP contribution < -0.4 is 27.5 Å². The molecule has 4 aromatic carbocycles. The van der Waals surface area contributed by atoms with Crippen molar-refractivity contribution in [3.63, 3.8) is 0 Å². The summed E-state index contributed by atoms with van der Waals surface area (Å²) in [7, 11) is 15.3. The van der Waals surface area contributed by atoms with Crippen LogP contribution in [-0.2, 0) is 22.7 Å². The monoisotopic (exact) mass is 1020 g/mol. The van der Waals surface area contributed by atoms with Crippen LogP contribution in [0.5, 0.6) is 0 Å². The summed E-state index contributed by atoms with van der Waals surface area (Å²) in [6.07, 6.45) is 12.5. The van der Waals surface area contributed by atoms with Crippen molar-refractivity contribution in [3.05, 3.63) is 158 Å². The summed E-state index contributed by atoms with van der Waals surface area (Å²) in [6, 6.07) is 22.3. The molecule has 382 valence electrons. The van der Waals surface area contributed by atoms with Crippen molar-refractivity contribution in [1.29, 1.82) is 0 Å². The summed E-state index contributed by atoms with van der Waals surface area (Å²) in [5.74, 6) is 2.09. The molecule has 2 aliphatic heterocycles. The molecule has 0 unspecified atom stereocenters. The number of aromatic nitrogens is 6. The fourth-order valence-electron chi connectivity index (χ4n) is 9.62. The first-order valence-corrected chi connectivity index (χ1v) is 25.4. The van der Waals surface area contributed by atoms with Crippen LogP contribution in [0.1, 0.15) is 95.3 Å². The van der Waals surface area contributed by atoms with Gasteiger partial charge in [-0.25, -0.2) is 34.6 Å². The second kappa shape index (κ2) is 22.9. The minimum atomic E-state index is -0.257. The summed E-state index contributed by atoms with van der Waals surface area (Å²) in [5, 5.41) is 9.17. The van der Waals surface area contributed by atoms with Crippen LogP contribution in [0.2, 0.25) is 0 Å². The molecule has 0 fully saturated rings. The quantitative estimate of drug-likeness (QED) is 0.0721. The smallest absolute Gasteiger partial charge is 0.275 e. The molecule has 2 aliphatic rings. The van der Waals surface area contributed by atoms with Crippen LogP contribution in [0, 0.1) is 20.8 Å². The van der Waals surface area contributed by atoms with E-state index in [1.54, 1.807) is 30.5 Å². The molecule has 3 N–H and O–H groups in total. The van der Waals surface area contributed by atoms with Crippen molar-refractivity contribution >= 4 is 103 Å². The summed E-state index contributed by atoms with van der Waals surface area (Å²) in [5.41, 5.74) is 16.9. The molecule has 4 radical (unpaired) electrons. The molecule has 3 aromatic heterocycles. The van der Waals surface area contributed by atoms with Gasteiger partial charge < -0.3 is 20.9 Å². The van der Waals surface area contributed by atoms with Gasteiger partial charge in [-0.3, -0.25) is 19.2 Å². The van der Waals surface area contributed by atoms with Crippen LogP contribution >= 0.6 is 0 Å². The highest BCUT2D eigenvalue weighted by Crippen LogP contribution is 2.33. The van der Waals surface area contributed by atoms with Crippen molar-refractivity contribution in [2.24, 2.45) is 15.7 Å². The van der Waals surface area contributed by atoms with E-state index in [1.165, 1.54) is 4.68 Å². The lowest BCUT2D eigenvalue weighted by atomic mass is 9.85. The van der Waals surface area contributed by atoms with E-state index in [4.69, 9.17) is 36.4 Å². The minimum Gasteiger partial charge on any atom is -0.387 e. The van der Waals surface area contributed by atoms with Gasteiger partial charge in [-0.2, -0.15) is 5.10 Å². The van der Waals surface area contributed by atoms with Crippen molar-refractivity contribution in [2.45, 2.75) is 73.4 Å². The predicted octanol–water partition coefficient (Wildman–Crippen LogP) is 7.34. The zero-order chi connectivity index (χ0) is 54.5. The summed E-state index contributed by atoms with van der Waals surface area (Å²) < 4.78 is 1.37. The normalized spacial score (nSPS) is 13.7. The average molecular weight is 1020 g/mol. The highest BCUT2D eigenvalue weighted by atomic mass is 16.2. The molecule has 0 bridgehead atoms. The third-order valence-electron chi connectivity index (χ3n) is 13.1. The van der Waals surface area contributed by atoms with E-state index in [9.17, 15) is 19.2 Å². The number of amidine groups is 2. The van der Waals surface area contributed by atoms with Gasteiger partial charge in [0.05, 0.1) is 23.8 Å². The Hall–Kier alpha value is -8.92. The van der Waals surface area contributed by atoms with Crippen LogP contribution in [0.4, 0.5) is 17.2 Å². The lowest BCUT2D eigenvalue weighted by Crippen LogP contribution is -2.34. The number of anilines is 1. The third kappa shape index (κ3) is 12.1. The second-order valence-corrected chi connectivity index (χ2v) is 19.4. The van der Waals surface area contributed by atoms with E-state index >= 15 is 0 Å². The molecule has 0 atom stereocenters. The molecule has 0 aliphatic carbocycles. The van der Waals surface area contributed by atoms with Crippen LogP contribution in [0.25, 0.3) is 51.3 Å². The molecule has 1 amide bonds. The second-order valence-electron chi connectivity index (χ2n) is 19.4. The highest BCUT2D eigenvalue weighted by molar-refractivity contribution is 6.36. The number of rotatable bonds is 16. The standard InChI is InChI=1S/C59H56B2N12O4/c1-7-14-72(15-8-2)58(76)44-23-48-50(61)25-43(39-11-12-46-45(22-39)29-63-73(59(46)77)31-57-64-34(3)17-35(4)65-57)27-52(48)68-55(28-44)69-54-18-36(5)66-56(70-54)30-71(6)16-13-40-21-38(9-10-41(40)33-75)42-24-49(60)47-19-37(32-74)20-53(62)67-51(47)26-42/h9-13,16-19,21-27,29,32-33H,7-8,14-15,20,28,30-31H2,1-6H3,(H2,62,67)(H,66,68,69,70)/b16-13-. The van der Waals surface area contributed by atoms with Crippen LogP contribution in [0.3, 0.4) is 0 Å². The fraction of sp³-hybridized carbons (Fsp3) is 0.237. The number of carbonyl (C=O) groups excluding carboxylic acids is 3. The SMILES string of the molecule is [B]c1cc(-c2ccc(C=O)c(/C=C\N(C)Cc3nc(C)cc(N=C4CC(C(=O)N(CCC)CCC)=Cc5c([B])cc(-c6ccc7c(=O)n(Cc8nc(C)cc(C)n8)ncc7c6)cc5N4)n3)c2)cc2c1C=C(C=O)CC(N)=N2. The number of benzene rings is 4. The van der Waals surface area contributed by atoms with E-state index in [0.717, 1.165) is 59.1 Å². The molecular weight excluding hydrogens is 962 g/mol. The number of carbonyl (C=O) groups is 3. The third-order valence-corrected chi connectivity index (χ3v) is 13.1. The maximum atomic E-state index is 14.4. The predicted molar refractivity (Wildman–Crippen MR) is 308 cm³/mol. The maximum absolute atomic E-state index is 14.4. The number of amides is 1. The zero-order valence-corrected chi connectivity index (χ0v) is 44.0. The van der Waals surface area contributed by atoms with Gasteiger partial charge in [0.1, 0.15) is 51.8 Å². The van der Waals surface area contributed by atoms with Gasteiger partial charge in [-0.15, -0.1) is 0 Å². The van der Waals surface area contributed by atoms with Gasteiger partial charge in [0.15, 0.2) is 12.1 Å². The minimum absolute atomic E-state index is 0.0965. The van der Waals surface area contributed by atoms with Crippen LogP contribution in [-0.4, -0.2) is 105 Å². The number of nitrogens with two attached hydrogens (primary N) is 1. The van der Waals surface area contributed by atoms with Gasteiger partial charge in [0.2, 0.25) is 5.91 Å². The van der Waals surface area contributed by atoms with Crippen LogP contribution in [0.15, 0.2) is 111 Å². The Morgan fingerprint density at radius 2 is 1.47 bits per heavy atom. The van der Waals surface area contributed by atoms with Gasteiger partial charge in [0.25, 0.3) is 5.56 Å². The molecular formula is C59H56B2N12O4. The Labute approximate surface area is 449 Å². The number of nitrogens with one attached hydrogen (secondary N) is 1. The topological polar surface area (TPSA) is 207 Å². The first-order chi connectivity index (χ1) is 37.1. The van der Waals surface area contributed by atoms with Crippen molar-refractivity contribution in [1.82, 2.24) is 39.5 Å². The van der Waals surface area contributed by atoms with Gasteiger partial charge in [0, 0.05) is 78.3 Å². The van der Waals surface area contributed by atoms with E-state index in [-0.39, 0.29) is 30.9 Å². The maximum Gasteiger partial charge on any atom is 0.275 e. The Kier molecular flexibility index (Phi) is 15.7. The highest BCUT2D eigenvalue weighted by Gasteiger charge is 2.25. The average Bonchev–Trinajstić information content (AvgIpc) is 3.70. The Morgan fingerprint density at radius 3 is 2.19 bits per heavy atom. The lowest BCUT2D eigenvalue weighted by Gasteiger charge is -2.23. The summed E-state index contributed by atoms with van der Waals surface area (Å²) >= 11 is 0. The Balaban J connectivity index is 1.00. The number of fused-ring (bicyclic) bond motifs is 3. The largest absolute Gasteiger partial charge is 0.387 e. The first kappa shape index (κ1) is 52.9. The summed E-state index contributed by atoms with van der Waals surface area (Å²) in [4.78, 5) is 83.9. The Bertz CT molecular complexity index is 3720. The van der Waals surface area contributed by atoms with Crippen molar-refractivity contribution in [3.8, 4) is 22.3 Å². The van der Waals surface area contributed by atoms with Gasteiger partial charge in [-0.05, 0) is 139 Å².